The number of morpholine rings is 1. The van der Waals surface area contributed by atoms with Gasteiger partial charge in [-0.25, -0.2) is 0 Å². The number of nitrogens with zero attached hydrogens (tertiary/aromatic N) is 3. The number of halogens is 1. The third-order valence-electron chi connectivity index (χ3n) is 5.69. The molecule has 0 spiro atoms. The average Bonchev–Trinajstić information content (AvgIpc) is 3.28. The summed E-state index contributed by atoms with van der Waals surface area (Å²) >= 11 is 9.33. The Morgan fingerprint density at radius 3 is 2.31 bits per heavy atom. The molecule has 0 unspecified atom stereocenters. The van der Waals surface area contributed by atoms with Crippen molar-refractivity contribution in [1.29, 1.82) is 0 Å². The maximum atomic E-state index is 12.5. The molecule has 2 aliphatic rings. The van der Waals surface area contributed by atoms with E-state index < -0.39 is 0 Å². The zero-order chi connectivity index (χ0) is 22.3. The van der Waals surface area contributed by atoms with E-state index in [-0.39, 0.29) is 11.8 Å². The number of carbonyl (C=O) groups excluding carboxylic acids is 2. The number of hydrogen-bond donors (Lipinski definition) is 0. The van der Waals surface area contributed by atoms with Crippen molar-refractivity contribution < 1.29 is 14.3 Å². The fraction of sp³-hybridized carbons (Fsp3) is 0.478. The third-order valence-corrected chi connectivity index (χ3v) is 7.95. The summed E-state index contributed by atoms with van der Waals surface area (Å²) in [5.74, 6) is 0.955. The summed E-state index contributed by atoms with van der Waals surface area (Å²) in [6, 6.07) is 12.3. The summed E-state index contributed by atoms with van der Waals surface area (Å²) in [5.41, 5.74) is 1.15. The highest BCUT2D eigenvalue weighted by atomic mass is 35.5. The summed E-state index contributed by atoms with van der Waals surface area (Å²) in [6.45, 7) is 6.63. The quantitative estimate of drug-likeness (QED) is 0.592. The van der Waals surface area contributed by atoms with Crippen LogP contribution in [0.25, 0.3) is 10.4 Å². The van der Waals surface area contributed by atoms with E-state index in [0.29, 0.717) is 37.8 Å². The number of benzene rings is 1. The second-order valence-electron chi connectivity index (χ2n) is 7.92. The molecule has 172 valence electrons. The van der Waals surface area contributed by atoms with Crippen LogP contribution in [0.4, 0.5) is 0 Å². The molecule has 0 N–H and O–H groups in total. The van der Waals surface area contributed by atoms with Gasteiger partial charge in [-0.2, -0.15) is 0 Å². The largest absolute Gasteiger partial charge is 0.378 e. The molecule has 0 atom stereocenters. The number of amides is 2. The van der Waals surface area contributed by atoms with Crippen molar-refractivity contribution >= 4 is 46.5 Å². The minimum Gasteiger partial charge on any atom is -0.378 e. The predicted molar refractivity (Wildman–Crippen MR) is 131 cm³/mol. The summed E-state index contributed by atoms with van der Waals surface area (Å²) in [7, 11) is 0. The topological polar surface area (TPSA) is 53.1 Å². The number of ether oxygens (including phenoxy) is 1. The van der Waals surface area contributed by atoms with Crippen molar-refractivity contribution in [2.24, 2.45) is 0 Å². The summed E-state index contributed by atoms with van der Waals surface area (Å²) < 4.78 is 5.27. The number of hydrogen-bond acceptors (Lipinski definition) is 6. The Labute approximate surface area is 202 Å². The van der Waals surface area contributed by atoms with Crippen LogP contribution < -0.4 is 0 Å². The monoisotopic (exact) mass is 493 g/mol. The lowest BCUT2D eigenvalue weighted by Gasteiger charge is -2.34. The molecule has 2 fully saturated rings. The van der Waals surface area contributed by atoms with E-state index in [1.54, 1.807) is 11.3 Å². The average molecular weight is 494 g/mol. The first-order chi connectivity index (χ1) is 15.6. The molecule has 0 aliphatic carbocycles. The number of thioether (sulfide) groups is 1. The SMILES string of the molecule is O=C(CSCC(=O)N1CCN(Cc2ccc(-c3cccc(Cl)c3)s2)CC1)N1CCOCC1. The van der Waals surface area contributed by atoms with Crippen LogP contribution in [0.15, 0.2) is 36.4 Å². The number of piperazine rings is 1. The van der Waals surface area contributed by atoms with Crippen LogP contribution >= 0.6 is 34.7 Å². The van der Waals surface area contributed by atoms with Crippen molar-refractivity contribution in [2.75, 3.05) is 64.0 Å². The maximum absolute atomic E-state index is 12.5. The van der Waals surface area contributed by atoms with E-state index in [0.717, 1.165) is 43.3 Å². The van der Waals surface area contributed by atoms with Gasteiger partial charge in [-0.1, -0.05) is 23.7 Å². The maximum Gasteiger partial charge on any atom is 0.232 e. The van der Waals surface area contributed by atoms with Gasteiger partial charge in [-0.05, 0) is 29.8 Å². The Kier molecular flexibility index (Phi) is 8.49. The fourth-order valence-electron chi connectivity index (χ4n) is 3.86. The normalized spacial score (nSPS) is 17.5. The van der Waals surface area contributed by atoms with Crippen LogP contribution in [-0.2, 0) is 20.9 Å². The minimum absolute atomic E-state index is 0.101. The molecular weight excluding hydrogens is 466 g/mol. The zero-order valence-electron chi connectivity index (χ0n) is 18.0. The van der Waals surface area contributed by atoms with Crippen molar-refractivity contribution in [1.82, 2.24) is 14.7 Å². The van der Waals surface area contributed by atoms with Crippen molar-refractivity contribution in [2.45, 2.75) is 6.54 Å². The zero-order valence-corrected chi connectivity index (χ0v) is 20.4. The first kappa shape index (κ1) is 23.6. The van der Waals surface area contributed by atoms with Crippen LogP contribution in [0.2, 0.25) is 5.02 Å². The van der Waals surface area contributed by atoms with Crippen LogP contribution in [0.5, 0.6) is 0 Å². The van der Waals surface area contributed by atoms with Crippen LogP contribution in [0, 0.1) is 0 Å². The molecule has 0 bridgehead atoms. The Hall–Kier alpha value is -1.58. The predicted octanol–water partition coefficient (Wildman–Crippen LogP) is 3.30. The molecule has 1 aromatic carbocycles. The van der Waals surface area contributed by atoms with Gasteiger partial charge in [0.25, 0.3) is 0 Å². The molecule has 9 heteroatoms. The Morgan fingerprint density at radius 1 is 0.938 bits per heavy atom. The lowest BCUT2D eigenvalue weighted by atomic mass is 10.2. The third kappa shape index (κ3) is 6.48. The molecule has 2 amide bonds. The molecule has 2 saturated heterocycles. The Bertz CT molecular complexity index is 925. The van der Waals surface area contributed by atoms with E-state index in [4.69, 9.17) is 16.3 Å². The standard InChI is InChI=1S/C23H28ClN3O3S2/c24-19-3-1-2-18(14-19)21-5-4-20(32-21)15-25-6-8-26(9-7-25)22(28)16-31-17-23(29)27-10-12-30-13-11-27/h1-5,14H,6-13,15-17H2. The molecule has 6 nitrogen and oxygen atoms in total. The summed E-state index contributed by atoms with van der Waals surface area (Å²) in [6.07, 6.45) is 0. The molecule has 3 heterocycles. The Morgan fingerprint density at radius 2 is 1.62 bits per heavy atom. The molecular formula is C23H28ClN3O3S2. The highest BCUT2D eigenvalue weighted by molar-refractivity contribution is 8.00. The van der Waals surface area contributed by atoms with E-state index in [1.165, 1.54) is 21.5 Å². The van der Waals surface area contributed by atoms with E-state index in [1.807, 2.05) is 28.0 Å². The van der Waals surface area contributed by atoms with Gasteiger partial charge in [0, 0.05) is 60.6 Å². The first-order valence-corrected chi connectivity index (χ1v) is 13.2. The van der Waals surface area contributed by atoms with Crippen LogP contribution in [0.3, 0.4) is 0 Å². The highest BCUT2D eigenvalue weighted by Gasteiger charge is 2.22. The van der Waals surface area contributed by atoms with Gasteiger partial charge in [-0.3, -0.25) is 14.5 Å². The molecule has 4 rings (SSSR count). The van der Waals surface area contributed by atoms with Gasteiger partial charge < -0.3 is 14.5 Å². The van der Waals surface area contributed by atoms with Gasteiger partial charge in [0.2, 0.25) is 11.8 Å². The van der Waals surface area contributed by atoms with Crippen molar-refractivity contribution in [3.63, 3.8) is 0 Å². The number of rotatable bonds is 7. The lowest BCUT2D eigenvalue weighted by molar-refractivity contribution is -0.132. The van der Waals surface area contributed by atoms with Crippen molar-refractivity contribution in [3.8, 4) is 10.4 Å². The van der Waals surface area contributed by atoms with Gasteiger partial charge >= 0.3 is 0 Å². The molecule has 0 radical (unpaired) electrons. The highest BCUT2D eigenvalue weighted by Crippen LogP contribution is 2.30. The molecule has 1 aromatic heterocycles. The van der Waals surface area contributed by atoms with E-state index >= 15 is 0 Å². The number of carbonyl (C=O) groups is 2. The van der Waals surface area contributed by atoms with Gasteiger partial charge in [0.1, 0.15) is 0 Å². The number of thiophene rings is 1. The molecule has 2 aliphatic heterocycles. The van der Waals surface area contributed by atoms with E-state index in [2.05, 4.69) is 23.1 Å². The van der Waals surface area contributed by atoms with Gasteiger partial charge in [0.15, 0.2) is 0 Å². The van der Waals surface area contributed by atoms with Gasteiger partial charge in [0.05, 0.1) is 24.7 Å². The van der Waals surface area contributed by atoms with Crippen molar-refractivity contribution in [3.05, 3.63) is 46.3 Å². The van der Waals surface area contributed by atoms with Gasteiger partial charge in [-0.15, -0.1) is 23.1 Å². The van der Waals surface area contributed by atoms with Crippen LogP contribution in [0.1, 0.15) is 4.88 Å². The minimum atomic E-state index is 0.101. The Balaban J connectivity index is 1.17. The smallest absolute Gasteiger partial charge is 0.232 e. The molecule has 0 saturated carbocycles. The van der Waals surface area contributed by atoms with E-state index in [9.17, 15) is 9.59 Å². The molecule has 32 heavy (non-hydrogen) atoms. The summed E-state index contributed by atoms with van der Waals surface area (Å²) in [5, 5.41) is 0.752. The first-order valence-electron chi connectivity index (χ1n) is 10.9. The lowest BCUT2D eigenvalue weighted by Crippen LogP contribution is -2.48. The second-order valence-corrected chi connectivity index (χ2v) is 10.5. The summed E-state index contributed by atoms with van der Waals surface area (Å²) in [4.78, 5) is 33.4. The fourth-order valence-corrected chi connectivity index (χ4v) is 5.91. The molecule has 2 aromatic rings. The van der Waals surface area contributed by atoms with Crippen LogP contribution in [-0.4, -0.2) is 90.5 Å². The second kappa shape index (κ2) is 11.5.